The number of hydrogen-bond donors (Lipinski definition) is 2. The predicted octanol–water partition coefficient (Wildman–Crippen LogP) is 5.57. The molecule has 0 aliphatic heterocycles. The molecule has 0 saturated carbocycles. The Morgan fingerprint density at radius 3 is 1.85 bits per heavy atom. The fourth-order valence-corrected chi connectivity index (χ4v) is 3.06. The van der Waals surface area contributed by atoms with Crippen LogP contribution < -0.4 is 0 Å². The van der Waals surface area contributed by atoms with Gasteiger partial charge in [-0.15, -0.1) is 0 Å². The van der Waals surface area contributed by atoms with E-state index in [1.807, 2.05) is 0 Å². The SMILES string of the molecule is CCCCCCC(O)CCCCCCCCC(=O)C(C)(C)OCC(C)(C)O. The largest absolute Gasteiger partial charge is 0.393 e. The molecule has 0 fully saturated rings. The molecule has 162 valence electrons. The van der Waals surface area contributed by atoms with Crippen molar-refractivity contribution < 1.29 is 19.7 Å². The summed E-state index contributed by atoms with van der Waals surface area (Å²) in [5.74, 6) is 0.109. The Labute approximate surface area is 168 Å². The molecule has 4 heteroatoms. The summed E-state index contributed by atoms with van der Waals surface area (Å²) in [6.45, 7) is 9.30. The molecule has 2 N–H and O–H groups in total. The maximum atomic E-state index is 12.3. The number of hydrogen-bond acceptors (Lipinski definition) is 4. The number of carbonyl (C=O) groups is 1. The molecule has 0 saturated heterocycles. The first kappa shape index (κ1) is 26.6. The molecular formula is C23H46O4. The first-order chi connectivity index (χ1) is 12.6. The minimum atomic E-state index is -0.916. The summed E-state index contributed by atoms with van der Waals surface area (Å²) in [5.41, 5.74) is -1.74. The van der Waals surface area contributed by atoms with Crippen molar-refractivity contribution in [2.45, 2.75) is 135 Å². The van der Waals surface area contributed by atoms with Crippen molar-refractivity contribution in [3.8, 4) is 0 Å². The second kappa shape index (κ2) is 14.5. The summed E-state index contributed by atoms with van der Waals surface area (Å²) >= 11 is 0. The molecule has 0 radical (unpaired) electrons. The fourth-order valence-electron chi connectivity index (χ4n) is 3.06. The Morgan fingerprint density at radius 2 is 1.33 bits per heavy atom. The van der Waals surface area contributed by atoms with Crippen molar-refractivity contribution in [3.63, 3.8) is 0 Å². The normalized spacial score (nSPS) is 13.7. The molecule has 1 atom stereocenters. The third-order valence-corrected chi connectivity index (χ3v) is 5.04. The van der Waals surface area contributed by atoms with Gasteiger partial charge >= 0.3 is 0 Å². The van der Waals surface area contributed by atoms with E-state index in [2.05, 4.69) is 6.92 Å². The van der Waals surface area contributed by atoms with E-state index < -0.39 is 11.2 Å². The zero-order valence-electron chi connectivity index (χ0n) is 18.7. The number of ketones is 1. The third kappa shape index (κ3) is 16.2. The van der Waals surface area contributed by atoms with Crippen molar-refractivity contribution in [2.24, 2.45) is 0 Å². The van der Waals surface area contributed by atoms with E-state index in [4.69, 9.17) is 4.74 Å². The Balaban J connectivity index is 3.61. The number of carbonyl (C=O) groups excluding carboxylic acids is 1. The lowest BCUT2D eigenvalue weighted by molar-refractivity contribution is -0.148. The first-order valence-electron chi connectivity index (χ1n) is 11.2. The molecule has 0 aromatic heterocycles. The van der Waals surface area contributed by atoms with E-state index >= 15 is 0 Å². The highest BCUT2D eigenvalue weighted by Gasteiger charge is 2.29. The van der Waals surface area contributed by atoms with Crippen LogP contribution in [0.15, 0.2) is 0 Å². The lowest BCUT2D eigenvalue weighted by atomic mass is 9.97. The second-order valence-corrected chi connectivity index (χ2v) is 9.20. The van der Waals surface area contributed by atoms with Crippen LogP contribution in [0.2, 0.25) is 0 Å². The average molecular weight is 387 g/mol. The minimum absolute atomic E-state index is 0.109. The van der Waals surface area contributed by atoms with E-state index in [-0.39, 0.29) is 18.5 Å². The van der Waals surface area contributed by atoms with Gasteiger partial charge in [0, 0.05) is 6.42 Å². The van der Waals surface area contributed by atoms with Crippen LogP contribution in [-0.2, 0) is 9.53 Å². The standard InChI is InChI=1S/C23H46O4/c1-6-7-8-13-16-20(24)17-14-11-9-10-12-15-18-21(25)23(4,5)27-19-22(2,3)26/h20,24,26H,6-19H2,1-5H3. The molecule has 0 aliphatic carbocycles. The average Bonchev–Trinajstić information content (AvgIpc) is 2.58. The minimum Gasteiger partial charge on any atom is -0.393 e. The van der Waals surface area contributed by atoms with Crippen LogP contribution in [0.1, 0.15) is 118 Å². The molecule has 0 bridgehead atoms. The van der Waals surface area contributed by atoms with Crippen LogP contribution in [0.3, 0.4) is 0 Å². The van der Waals surface area contributed by atoms with E-state index in [1.54, 1.807) is 27.7 Å². The number of aliphatic hydroxyl groups is 2. The first-order valence-corrected chi connectivity index (χ1v) is 11.2. The van der Waals surface area contributed by atoms with Gasteiger partial charge in [0.15, 0.2) is 5.78 Å². The van der Waals surface area contributed by atoms with Gasteiger partial charge < -0.3 is 14.9 Å². The van der Waals surface area contributed by atoms with E-state index in [1.165, 1.54) is 32.1 Å². The fraction of sp³-hybridized carbons (Fsp3) is 0.957. The Hall–Kier alpha value is -0.450. The summed E-state index contributed by atoms with van der Waals surface area (Å²) in [4.78, 5) is 12.3. The van der Waals surface area contributed by atoms with Crippen LogP contribution in [0.5, 0.6) is 0 Å². The van der Waals surface area contributed by atoms with Crippen molar-refractivity contribution in [1.82, 2.24) is 0 Å². The van der Waals surface area contributed by atoms with E-state index in [9.17, 15) is 15.0 Å². The molecule has 0 heterocycles. The van der Waals surface area contributed by atoms with Crippen molar-refractivity contribution in [2.75, 3.05) is 6.61 Å². The second-order valence-electron chi connectivity index (χ2n) is 9.20. The van der Waals surface area contributed by atoms with Gasteiger partial charge in [-0.1, -0.05) is 64.7 Å². The number of ether oxygens (including phenoxy) is 1. The van der Waals surface area contributed by atoms with Gasteiger partial charge in [0.1, 0.15) is 5.60 Å². The zero-order chi connectivity index (χ0) is 20.8. The highest BCUT2D eigenvalue weighted by Crippen LogP contribution is 2.19. The molecule has 0 aromatic carbocycles. The molecule has 0 rings (SSSR count). The molecule has 0 amide bonds. The monoisotopic (exact) mass is 386 g/mol. The molecular weight excluding hydrogens is 340 g/mol. The topological polar surface area (TPSA) is 66.8 Å². The maximum absolute atomic E-state index is 12.3. The summed E-state index contributed by atoms with van der Waals surface area (Å²) in [5, 5.41) is 19.7. The highest BCUT2D eigenvalue weighted by atomic mass is 16.5. The van der Waals surface area contributed by atoms with Gasteiger partial charge in [-0.3, -0.25) is 4.79 Å². The zero-order valence-corrected chi connectivity index (χ0v) is 18.7. The number of Topliss-reactive ketones (excluding diaryl/α,β-unsaturated/α-hetero) is 1. The van der Waals surface area contributed by atoms with Crippen molar-refractivity contribution in [3.05, 3.63) is 0 Å². The van der Waals surface area contributed by atoms with Gasteiger partial charge in [0.2, 0.25) is 0 Å². The van der Waals surface area contributed by atoms with Gasteiger partial charge in [-0.2, -0.15) is 0 Å². The van der Waals surface area contributed by atoms with Crippen LogP contribution in [0, 0.1) is 0 Å². The summed E-state index contributed by atoms with van der Waals surface area (Å²) in [6, 6.07) is 0. The van der Waals surface area contributed by atoms with Crippen LogP contribution >= 0.6 is 0 Å². The van der Waals surface area contributed by atoms with Crippen LogP contribution in [0.4, 0.5) is 0 Å². The predicted molar refractivity (Wildman–Crippen MR) is 113 cm³/mol. The summed E-state index contributed by atoms with van der Waals surface area (Å²) in [7, 11) is 0. The number of rotatable bonds is 18. The third-order valence-electron chi connectivity index (χ3n) is 5.04. The molecule has 0 spiro atoms. The Kier molecular flexibility index (Phi) is 14.3. The van der Waals surface area contributed by atoms with E-state index in [0.29, 0.717) is 6.42 Å². The molecule has 0 aliphatic rings. The van der Waals surface area contributed by atoms with Crippen LogP contribution in [0.25, 0.3) is 0 Å². The quantitative estimate of drug-likeness (QED) is 0.302. The van der Waals surface area contributed by atoms with Gasteiger partial charge in [-0.25, -0.2) is 0 Å². The van der Waals surface area contributed by atoms with Crippen molar-refractivity contribution >= 4 is 5.78 Å². The number of aliphatic hydroxyl groups excluding tert-OH is 1. The molecule has 27 heavy (non-hydrogen) atoms. The molecule has 4 nitrogen and oxygen atoms in total. The van der Waals surface area contributed by atoms with Crippen LogP contribution in [-0.4, -0.2) is 39.9 Å². The molecule has 0 aromatic rings. The Morgan fingerprint density at radius 1 is 0.852 bits per heavy atom. The number of unbranched alkanes of at least 4 members (excludes halogenated alkanes) is 8. The summed E-state index contributed by atoms with van der Waals surface area (Å²) in [6.07, 6.45) is 13.8. The van der Waals surface area contributed by atoms with E-state index in [0.717, 1.165) is 44.9 Å². The van der Waals surface area contributed by atoms with Gasteiger partial charge in [-0.05, 0) is 47.0 Å². The highest BCUT2D eigenvalue weighted by molar-refractivity contribution is 5.86. The lowest BCUT2D eigenvalue weighted by Gasteiger charge is -2.28. The van der Waals surface area contributed by atoms with Gasteiger partial charge in [0.25, 0.3) is 0 Å². The maximum Gasteiger partial charge on any atom is 0.164 e. The molecule has 1 unspecified atom stereocenters. The van der Waals surface area contributed by atoms with Crippen molar-refractivity contribution in [1.29, 1.82) is 0 Å². The Bertz CT molecular complexity index is 371. The smallest absolute Gasteiger partial charge is 0.164 e. The lowest BCUT2D eigenvalue weighted by Crippen LogP contribution is -2.40. The van der Waals surface area contributed by atoms with Gasteiger partial charge in [0.05, 0.1) is 18.3 Å². The summed E-state index contributed by atoms with van der Waals surface area (Å²) < 4.78 is 5.61.